The number of amides is 1. The summed E-state index contributed by atoms with van der Waals surface area (Å²) in [4.78, 5) is 25.6. The molecular formula is C27H23F3IN5O3S. The molecule has 8 nitrogen and oxygen atoms in total. The Balaban J connectivity index is 1.62. The van der Waals surface area contributed by atoms with Crippen LogP contribution in [-0.4, -0.2) is 45.8 Å². The van der Waals surface area contributed by atoms with Crippen LogP contribution in [0.15, 0.2) is 30.3 Å². The SMILES string of the molecule is CCc1nc(O[C@@H]2CCOC2)c2cc(N3C(=S)N(c4ccc(C#N)c(C(F)(F)F)c4)C(=O)C3(C)C)cc(I)c2n1. The zero-order valence-corrected chi connectivity index (χ0v) is 24.6. The van der Waals surface area contributed by atoms with Crippen LogP contribution < -0.4 is 14.5 Å². The van der Waals surface area contributed by atoms with E-state index in [1.807, 2.05) is 13.0 Å². The lowest BCUT2D eigenvalue weighted by molar-refractivity contribution is -0.137. The molecule has 2 saturated heterocycles. The van der Waals surface area contributed by atoms with Gasteiger partial charge in [0, 0.05) is 22.1 Å². The molecule has 13 heteroatoms. The van der Waals surface area contributed by atoms with Gasteiger partial charge in [-0.25, -0.2) is 4.98 Å². The third-order valence-corrected chi connectivity index (χ3v) is 8.03. The van der Waals surface area contributed by atoms with Gasteiger partial charge in [0.1, 0.15) is 17.5 Å². The van der Waals surface area contributed by atoms with Crippen molar-refractivity contribution < 1.29 is 27.4 Å². The van der Waals surface area contributed by atoms with Crippen LogP contribution in [0.5, 0.6) is 5.88 Å². The number of thiocarbonyl (C=S) groups is 1. The molecule has 2 aliphatic heterocycles. The summed E-state index contributed by atoms with van der Waals surface area (Å²) in [7, 11) is 0. The molecule has 2 aliphatic rings. The first-order chi connectivity index (χ1) is 18.9. The minimum Gasteiger partial charge on any atom is -0.471 e. The predicted octanol–water partition coefficient (Wildman–Crippen LogP) is 5.77. The maximum atomic E-state index is 13.7. The number of aryl methyl sites for hydroxylation is 1. The van der Waals surface area contributed by atoms with E-state index in [9.17, 15) is 23.2 Å². The standard InChI is InChI=1S/C27H23F3IN5O3S/c1-4-21-33-22-18(23(34-21)39-17-7-8-38-13-17)9-16(11-20(22)31)36-25(40)35(24(37)26(36,2)3)15-6-5-14(12-32)19(10-15)27(28,29)30/h5-6,9-11,17H,4,7-8,13H2,1-3H3/t17-/m1/s1. The fraction of sp³-hybridized carbons (Fsp3) is 0.370. The molecular weight excluding hydrogens is 658 g/mol. The van der Waals surface area contributed by atoms with Crippen LogP contribution in [0, 0.1) is 14.9 Å². The lowest BCUT2D eigenvalue weighted by Gasteiger charge is -2.30. The molecule has 2 fully saturated rings. The maximum Gasteiger partial charge on any atom is 0.417 e. The highest BCUT2D eigenvalue weighted by molar-refractivity contribution is 14.1. The molecule has 3 heterocycles. The number of nitrogens with zero attached hydrogens (tertiary/aromatic N) is 5. The quantitative estimate of drug-likeness (QED) is 0.248. The Hall–Kier alpha value is -3.09. The van der Waals surface area contributed by atoms with Gasteiger partial charge in [-0.15, -0.1) is 0 Å². The number of carbonyl (C=O) groups is 1. The summed E-state index contributed by atoms with van der Waals surface area (Å²) in [6.45, 7) is 6.29. The van der Waals surface area contributed by atoms with Gasteiger partial charge >= 0.3 is 6.18 Å². The Bertz CT molecular complexity index is 1580. The number of alkyl halides is 3. The van der Waals surface area contributed by atoms with Crippen molar-refractivity contribution in [2.45, 2.75) is 51.4 Å². The summed E-state index contributed by atoms with van der Waals surface area (Å²) in [5.74, 6) is 0.500. The molecule has 1 amide bonds. The van der Waals surface area contributed by atoms with Crippen LogP contribution in [0.2, 0.25) is 0 Å². The summed E-state index contributed by atoms with van der Waals surface area (Å²) in [6, 6.07) is 8.28. The number of nitriles is 1. The van der Waals surface area contributed by atoms with Crippen molar-refractivity contribution >= 4 is 68.1 Å². The van der Waals surface area contributed by atoms with Crippen LogP contribution in [0.4, 0.5) is 24.5 Å². The summed E-state index contributed by atoms with van der Waals surface area (Å²) < 4.78 is 53.5. The molecule has 0 spiro atoms. The minimum atomic E-state index is -4.78. The third kappa shape index (κ3) is 4.86. The Morgan fingerprint density at radius 2 is 2.00 bits per heavy atom. The van der Waals surface area contributed by atoms with Crippen molar-refractivity contribution in [3.8, 4) is 11.9 Å². The summed E-state index contributed by atoms with van der Waals surface area (Å²) in [5.41, 5.74) is -1.79. The monoisotopic (exact) mass is 681 g/mol. The van der Waals surface area contributed by atoms with E-state index >= 15 is 0 Å². The highest BCUT2D eigenvalue weighted by Crippen LogP contribution is 2.41. The number of halogens is 4. The van der Waals surface area contributed by atoms with Gasteiger partial charge in [-0.1, -0.05) is 6.92 Å². The molecule has 0 aliphatic carbocycles. The summed E-state index contributed by atoms with van der Waals surface area (Å²) in [6.07, 6.45) is -3.62. The van der Waals surface area contributed by atoms with Gasteiger partial charge in [0.15, 0.2) is 5.11 Å². The van der Waals surface area contributed by atoms with Gasteiger partial charge in [0.2, 0.25) is 5.88 Å². The van der Waals surface area contributed by atoms with Crippen molar-refractivity contribution in [1.29, 1.82) is 5.26 Å². The van der Waals surface area contributed by atoms with Crippen LogP contribution in [-0.2, 0) is 22.1 Å². The lowest BCUT2D eigenvalue weighted by atomic mass is 10.0. The number of fused-ring (bicyclic) bond motifs is 1. The molecule has 1 atom stereocenters. The van der Waals surface area contributed by atoms with E-state index in [2.05, 4.69) is 32.6 Å². The average Bonchev–Trinajstić information content (AvgIpc) is 3.47. The van der Waals surface area contributed by atoms with Crippen LogP contribution in [0.25, 0.3) is 10.9 Å². The zero-order chi connectivity index (χ0) is 29.0. The van der Waals surface area contributed by atoms with Crippen molar-refractivity contribution in [2.75, 3.05) is 23.0 Å². The number of aromatic nitrogens is 2. The maximum absolute atomic E-state index is 13.7. The van der Waals surface area contributed by atoms with Crippen molar-refractivity contribution in [2.24, 2.45) is 0 Å². The van der Waals surface area contributed by atoms with E-state index in [-0.39, 0.29) is 16.9 Å². The van der Waals surface area contributed by atoms with Gasteiger partial charge in [0.25, 0.3) is 5.91 Å². The Kier molecular flexibility index (Phi) is 7.38. The first-order valence-electron chi connectivity index (χ1n) is 12.4. The van der Waals surface area contributed by atoms with Gasteiger partial charge in [0.05, 0.1) is 47.0 Å². The number of carbonyl (C=O) groups excluding carboxylic acids is 1. The predicted molar refractivity (Wildman–Crippen MR) is 154 cm³/mol. The lowest BCUT2D eigenvalue weighted by Crippen LogP contribution is -2.44. The molecule has 1 aromatic heterocycles. The number of benzene rings is 2. The first-order valence-corrected chi connectivity index (χ1v) is 13.9. The Labute approximate surface area is 247 Å². The highest BCUT2D eigenvalue weighted by atomic mass is 127. The number of ether oxygens (including phenoxy) is 2. The molecule has 208 valence electrons. The van der Waals surface area contributed by atoms with E-state index < -0.39 is 28.7 Å². The van der Waals surface area contributed by atoms with Gasteiger partial charge in [-0.05, 0) is 79.0 Å². The normalized spacial score (nSPS) is 19.0. The number of anilines is 2. The van der Waals surface area contributed by atoms with E-state index in [1.54, 1.807) is 30.9 Å². The van der Waals surface area contributed by atoms with Gasteiger partial charge in [-0.2, -0.15) is 23.4 Å². The Morgan fingerprint density at radius 1 is 1.25 bits per heavy atom. The molecule has 3 aromatic rings. The van der Waals surface area contributed by atoms with E-state index in [1.165, 1.54) is 6.07 Å². The number of hydrogen-bond donors (Lipinski definition) is 0. The molecule has 0 saturated carbocycles. The smallest absolute Gasteiger partial charge is 0.417 e. The van der Waals surface area contributed by atoms with E-state index in [4.69, 9.17) is 21.7 Å². The zero-order valence-electron chi connectivity index (χ0n) is 21.7. The topological polar surface area (TPSA) is 91.6 Å². The second-order valence-corrected chi connectivity index (χ2v) is 11.4. The molecule has 0 radical (unpaired) electrons. The van der Waals surface area contributed by atoms with Gasteiger partial charge < -0.3 is 14.4 Å². The molecule has 0 N–H and O–H groups in total. The summed E-state index contributed by atoms with van der Waals surface area (Å²) >= 11 is 7.86. The number of hydrogen-bond acceptors (Lipinski definition) is 7. The fourth-order valence-corrected chi connectivity index (χ4v) is 6.05. The van der Waals surface area contributed by atoms with Crippen LogP contribution in [0.1, 0.15) is 44.1 Å². The highest BCUT2D eigenvalue weighted by Gasteiger charge is 2.51. The van der Waals surface area contributed by atoms with Crippen LogP contribution >= 0.6 is 34.8 Å². The molecule has 5 rings (SSSR count). The van der Waals surface area contributed by atoms with Gasteiger partial charge in [-0.3, -0.25) is 9.69 Å². The van der Waals surface area contributed by atoms with Crippen molar-refractivity contribution in [1.82, 2.24) is 9.97 Å². The number of rotatable bonds is 5. The molecule has 40 heavy (non-hydrogen) atoms. The molecule has 0 unspecified atom stereocenters. The second kappa shape index (κ2) is 10.4. The molecule has 0 bridgehead atoms. The van der Waals surface area contributed by atoms with E-state index in [0.717, 1.165) is 27.0 Å². The fourth-order valence-electron chi connectivity index (χ4n) is 4.79. The summed E-state index contributed by atoms with van der Waals surface area (Å²) in [5, 5.41) is 9.80. The minimum absolute atomic E-state index is 0.000685. The van der Waals surface area contributed by atoms with Crippen molar-refractivity contribution in [3.63, 3.8) is 0 Å². The van der Waals surface area contributed by atoms with Crippen LogP contribution in [0.3, 0.4) is 0 Å². The molecule has 2 aromatic carbocycles. The van der Waals surface area contributed by atoms with E-state index in [0.29, 0.717) is 47.9 Å². The second-order valence-electron chi connectivity index (χ2n) is 9.88. The first kappa shape index (κ1) is 28.4. The average molecular weight is 681 g/mol. The largest absolute Gasteiger partial charge is 0.471 e. The third-order valence-electron chi connectivity index (χ3n) is 6.85. The Morgan fingerprint density at radius 3 is 2.62 bits per heavy atom. The van der Waals surface area contributed by atoms with Crippen molar-refractivity contribution in [3.05, 3.63) is 50.9 Å².